The van der Waals surface area contributed by atoms with Gasteiger partial charge in [-0.2, -0.15) is 0 Å². The summed E-state index contributed by atoms with van der Waals surface area (Å²) >= 11 is 0. The van der Waals surface area contributed by atoms with Crippen molar-refractivity contribution in [2.24, 2.45) is 5.92 Å². The lowest BCUT2D eigenvalue weighted by Gasteiger charge is -2.44. The van der Waals surface area contributed by atoms with Crippen molar-refractivity contribution in [3.05, 3.63) is 54.0 Å². The predicted octanol–water partition coefficient (Wildman–Crippen LogP) is 4.80. The van der Waals surface area contributed by atoms with E-state index in [1.165, 1.54) is 5.56 Å². The molecule has 1 aromatic heterocycles. The van der Waals surface area contributed by atoms with Crippen LogP contribution in [0.25, 0.3) is 0 Å². The van der Waals surface area contributed by atoms with Gasteiger partial charge in [-0.25, -0.2) is 0 Å². The van der Waals surface area contributed by atoms with E-state index in [1.807, 2.05) is 29.2 Å². The first-order valence-electron chi connectivity index (χ1n) is 10.5. The minimum atomic E-state index is -0.0867. The number of nitrogens with zero attached hydrogens (tertiary/aromatic N) is 1. The Balaban J connectivity index is 1.87. The molecule has 5 heteroatoms. The molecule has 0 aliphatic carbocycles. The number of amides is 1. The third-order valence-electron chi connectivity index (χ3n) is 6.16. The Morgan fingerprint density at radius 2 is 2.07 bits per heavy atom. The van der Waals surface area contributed by atoms with Crippen LogP contribution in [0, 0.1) is 5.92 Å². The van der Waals surface area contributed by atoms with Crippen molar-refractivity contribution in [2.45, 2.75) is 58.1 Å². The molecular formula is C24H33NO4. The summed E-state index contributed by atoms with van der Waals surface area (Å²) in [7, 11) is 1.73. The van der Waals surface area contributed by atoms with Crippen LogP contribution in [0.2, 0.25) is 0 Å². The second kappa shape index (κ2) is 9.49. The molecule has 1 saturated heterocycles. The molecule has 1 aliphatic heterocycles. The van der Waals surface area contributed by atoms with Crippen LogP contribution in [0.4, 0.5) is 0 Å². The van der Waals surface area contributed by atoms with Crippen LogP contribution in [-0.4, -0.2) is 37.2 Å². The zero-order valence-corrected chi connectivity index (χ0v) is 18.0. The first kappa shape index (κ1) is 21.4. The molecule has 0 N–H and O–H groups in total. The summed E-state index contributed by atoms with van der Waals surface area (Å²) in [6, 6.07) is 12.1. The summed E-state index contributed by atoms with van der Waals surface area (Å²) in [5.74, 6) is 2.22. The quantitative estimate of drug-likeness (QED) is 0.640. The summed E-state index contributed by atoms with van der Waals surface area (Å²) in [5.41, 5.74) is 1.13. The fraction of sp³-hybridized carbons (Fsp3) is 0.542. The molecule has 0 radical (unpaired) electrons. The van der Waals surface area contributed by atoms with Gasteiger partial charge < -0.3 is 18.8 Å². The number of carbonyl (C=O) groups is 1. The topological polar surface area (TPSA) is 51.9 Å². The molecule has 29 heavy (non-hydrogen) atoms. The van der Waals surface area contributed by atoms with Crippen LogP contribution in [0.3, 0.4) is 0 Å². The summed E-state index contributed by atoms with van der Waals surface area (Å²) < 4.78 is 17.3. The Labute approximate surface area is 174 Å². The van der Waals surface area contributed by atoms with Crippen LogP contribution in [0.1, 0.15) is 51.4 Å². The number of rotatable bonds is 8. The van der Waals surface area contributed by atoms with E-state index in [0.717, 1.165) is 37.4 Å². The largest absolute Gasteiger partial charge is 0.496 e. The second-order valence-electron chi connectivity index (χ2n) is 8.36. The van der Waals surface area contributed by atoms with Gasteiger partial charge in [-0.1, -0.05) is 32.0 Å². The Bertz CT molecular complexity index is 786. The lowest BCUT2D eigenvalue weighted by Crippen LogP contribution is -2.43. The highest BCUT2D eigenvalue weighted by molar-refractivity contribution is 5.73. The van der Waals surface area contributed by atoms with Crippen molar-refractivity contribution in [3.63, 3.8) is 0 Å². The summed E-state index contributed by atoms with van der Waals surface area (Å²) in [6.45, 7) is 7.93. The molecule has 0 bridgehead atoms. The van der Waals surface area contributed by atoms with E-state index in [2.05, 4.69) is 26.0 Å². The molecule has 2 heterocycles. The third-order valence-corrected chi connectivity index (χ3v) is 6.16. The minimum Gasteiger partial charge on any atom is -0.496 e. The summed E-state index contributed by atoms with van der Waals surface area (Å²) in [4.78, 5) is 14.2. The van der Waals surface area contributed by atoms with Gasteiger partial charge in [-0.15, -0.1) is 0 Å². The van der Waals surface area contributed by atoms with Gasteiger partial charge in [0.25, 0.3) is 0 Å². The standard InChI is InChI=1S/C24H33NO4/c1-18(2)23-16-24(12-15-29-23,21-9-5-6-10-22(21)27-4)11-13-25(19(3)26)17-20-8-7-14-28-20/h5-10,14,18,23H,11-13,15-17H2,1-4H3/t23-,24-/m0/s1. The van der Waals surface area contributed by atoms with E-state index >= 15 is 0 Å². The zero-order chi connectivity index (χ0) is 20.9. The van der Waals surface area contributed by atoms with Crippen LogP contribution >= 0.6 is 0 Å². The van der Waals surface area contributed by atoms with Crippen molar-refractivity contribution in [3.8, 4) is 5.75 Å². The molecule has 5 nitrogen and oxygen atoms in total. The van der Waals surface area contributed by atoms with E-state index in [0.29, 0.717) is 19.0 Å². The molecule has 0 spiro atoms. The zero-order valence-electron chi connectivity index (χ0n) is 18.0. The predicted molar refractivity (Wildman–Crippen MR) is 113 cm³/mol. The minimum absolute atomic E-state index is 0.0593. The van der Waals surface area contributed by atoms with E-state index in [-0.39, 0.29) is 17.4 Å². The molecule has 3 rings (SSSR count). The van der Waals surface area contributed by atoms with Crippen molar-refractivity contribution in [1.82, 2.24) is 4.90 Å². The highest BCUT2D eigenvalue weighted by atomic mass is 16.5. The van der Waals surface area contributed by atoms with Gasteiger partial charge in [0, 0.05) is 31.1 Å². The normalized spacial score (nSPS) is 21.9. The van der Waals surface area contributed by atoms with Gasteiger partial charge in [0.2, 0.25) is 5.91 Å². The number of methoxy groups -OCH3 is 1. The third kappa shape index (κ3) is 5.02. The smallest absolute Gasteiger partial charge is 0.219 e. The van der Waals surface area contributed by atoms with Crippen molar-refractivity contribution >= 4 is 5.91 Å². The molecule has 1 aliphatic rings. The fourth-order valence-corrected chi connectivity index (χ4v) is 4.36. The Kier molecular flexibility index (Phi) is 7.01. The van der Waals surface area contributed by atoms with Crippen LogP contribution in [0.15, 0.2) is 47.1 Å². The molecule has 0 unspecified atom stereocenters. The van der Waals surface area contributed by atoms with E-state index in [9.17, 15) is 4.79 Å². The maximum absolute atomic E-state index is 12.3. The average molecular weight is 400 g/mol. The first-order chi connectivity index (χ1) is 13.9. The number of hydrogen-bond donors (Lipinski definition) is 0. The average Bonchev–Trinajstić information content (AvgIpc) is 3.24. The number of para-hydroxylation sites is 1. The number of benzene rings is 1. The SMILES string of the molecule is COc1ccccc1[C@@]1(CCN(Cc2ccco2)C(C)=O)CCO[C@H](C(C)C)C1. The number of hydrogen-bond acceptors (Lipinski definition) is 4. The molecule has 1 aromatic carbocycles. The molecular weight excluding hydrogens is 366 g/mol. The van der Waals surface area contributed by atoms with Gasteiger partial charge in [-0.05, 0) is 43.4 Å². The number of furan rings is 1. The number of carbonyl (C=O) groups excluding carboxylic acids is 1. The van der Waals surface area contributed by atoms with Crippen molar-refractivity contribution in [1.29, 1.82) is 0 Å². The highest BCUT2D eigenvalue weighted by Gasteiger charge is 2.41. The van der Waals surface area contributed by atoms with Gasteiger partial charge in [-0.3, -0.25) is 4.79 Å². The Morgan fingerprint density at radius 1 is 1.28 bits per heavy atom. The lowest BCUT2D eigenvalue weighted by atomic mass is 9.68. The monoisotopic (exact) mass is 399 g/mol. The van der Waals surface area contributed by atoms with Gasteiger partial charge in [0.1, 0.15) is 11.5 Å². The molecule has 2 atom stereocenters. The van der Waals surface area contributed by atoms with Crippen molar-refractivity contribution in [2.75, 3.05) is 20.3 Å². The molecule has 1 amide bonds. The maximum Gasteiger partial charge on any atom is 0.219 e. The Morgan fingerprint density at radius 3 is 2.72 bits per heavy atom. The van der Waals surface area contributed by atoms with E-state index in [1.54, 1.807) is 20.3 Å². The van der Waals surface area contributed by atoms with Gasteiger partial charge >= 0.3 is 0 Å². The van der Waals surface area contributed by atoms with Crippen LogP contribution < -0.4 is 4.74 Å². The molecule has 2 aromatic rings. The van der Waals surface area contributed by atoms with Crippen molar-refractivity contribution < 1.29 is 18.7 Å². The number of ether oxygens (including phenoxy) is 2. The first-order valence-corrected chi connectivity index (χ1v) is 10.5. The molecule has 158 valence electrons. The van der Waals surface area contributed by atoms with Crippen LogP contribution in [-0.2, 0) is 21.5 Å². The Hall–Kier alpha value is -2.27. The highest BCUT2D eigenvalue weighted by Crippen LogP contribution is 2.45. The van der Waals surface area contributed by atoms with Crippen LogP contribution in [0.5, 0.6) is 5.75 Å². The molecule has 0 saturated carbocycles. The summed E-state index contributed by atoms with van der Waals surface area (Å²) in [6.07, 6.45) is 4.56. The van der Waals surface area contributed by atoms with E-state index < -0.39 is 0 Å². The maximum atomic E-state index is 12.3. The summed E-state index contributed by atoms with van der Waals surface area (Å²) in [5, 5.41) is 0. The lowest BCUT2D eigenvalue weighted by molar-refractivity contribution is -0.130. The van der Waals surface area contributed by atoms with Gasteiger partial charge in [0.15, 0.2) is 0 Å². The fourth-order valence-electron chi connectivity index (χ4n) is 4.36. The van der Waals surface area contributed by atoms with E-state index in [4.69, 9.17) is 13.9 Å². The molecule has 1 fully saturated rings. The second-order valence-corrected chi connectivity index (χ2v) is 8.36. The van der Waals surface area contributed by atoms with Gasteiger partial charge in [0.05, 0.1) is 26.0 Å².